The molecular formula is C18H16N4. The third-order valence-corrected chi connectivity index (χ3v) is 3.79. The maximum atomic E-state index is 4.71. The SMILES string of the molecule is Cc1cnc2c(n1)N(c1ccccc1)CN2c1ccccc1. The minimum absolute atomic E-state index is 0.715. The van der Waals surface area contributed by atoms with Crippen LogP contribution in [0.1, 0.15) is 5.69 Å². The summed E-state index contributed by atoms with van der Waals surface area (Å²) in [5, 5.41) is 0. The van der Waals surface area contributed by atoms with Gasteiger partial charge in [-0.15, -0.1) is 0 Å². The van der Waals surface area contributed by atoms with Gasteiger partial charge in [0.25, 0.3) is 0 Å². The lowest BCUT2D eigenvalue weighted by Gasteiger charge is -2.20. The molecule has 4 rings (SSSR count). The summed E-state index contributed by atoms with van der Waals surface area (Å²) in [5.41, 5.74) is 3.18. The van der Waals surface area contributed by atoms with E-state index in [0.717, 1.165) is 28.7 Å². The zero-order valence-electron chi connectivity index (χ0n) is 12.3. The molecule has 0 spiro atoms. The summed E-state index contributed by atoms with van der Waals surface area (Å²) in [6, 6.07) is 20.6. The van der Waals surface area contributed by atoms with Crippen molar-refractivity contribution in [3.63, 3.8) is 0 Å². The van der Waals surface area contributed by atoms with Gasteiger partial charge in [0.1, 0.15) is 6.67 Å². The summed E-state index contributed by atoms with van der Waals surface area (Å²) in [4.78, 5) is 13.7. The van der Waals surface area contributed by atoms with Gasteiger partial charge in [-0.3, -0.25) is 0 Å². The number of nitrogens with zero attached hydrogens (tertiary/aromatic N) is 4. The lowest BCUT2D eigenvalue weighted by Crippen LogP contribution is -2.24. The van der Waals surface area contributed by atoms with E-state index in [-0.39, 0.29) is 0 Å². The van der Waals surface area contributed by atoms with E-state index in [1.54, 1.807) is 0 Å². The first kappa shape index (κ1) is 12.8. The van der Waals surface area contributed by atoms with Gasteiger partial charge in [-0.05, 0) is 31.2 Å². The second kappa shape index (κ2) is 5.15. The average Bonchev–Trinajstić information content (AvgIpc) is 2.95. The van der Waals surface area contributed by atoms with Crippen LogP contribution in [-0.2, 0) is 0 Å². The molecule has 0 saturated carbocycles. The Morgan fingerprint density at radius 3 is 1.91 bits per heavy atom. The highest BCUT2D eigenvalue weighted by atomic mass is 15.4. The van der Waals surface area contributed by atoms with Crippen LogP contribution in [-0.4, -0.2) is 16.6 Å². The van der Waals surface area contributed by atoms with Crippen molar-refractivity contribution >= 4 is 23.0 Å². The number of fused-ring (bicyclic) bond motifs is 1. The van der Waals surface area contributed by atoms with Crippen LogP contribution in [0.25, 0.3) is 0 Å². The van der Waals surface area contributed by atoms with Crippen molar-refractivity contribution in [1.82, 2.24) is 9.97 Å². The van der Waals surface area contributed by atoms with Crippen LogP contribution in [0.4, 0.5) is 23.0 Å². The van der Waals surface area contributed by atoms with Crippen molar-refractivity contribution in [2.24, 2.45) is 0 Å². The summed E-state index contributed by atoms with van der Waals surface area (Å²) in [7, 11) is 0. The fourth-order valence-electron chi connectivity index (χ4n) is 2.73. The van der Waals surface area contributed by atoms with E-state index in [9.17, 15) is 0 Å². The zero-order chi connectivity index (χ0) is 14.9. The maximum absolute atomic E-state index is 4.71. The predicted octanol–water partition coefficient (Wildman–Crippen LogP) is 4.03. The molecule has 0 N–H and O–H groups in total. The molecule has 0 unspecified atom stereocenters. The topological polar surface area (TPSA) is 32.3 Å². The lowest BCUT2D eigenvalue weighted by atomic mass is 10.3. The first-order valence-corrected chi connectivity index (χ1v) is 7.32. The molecule has 0 radical (unpaired) electrons. The van der Waals surface area contributed by atoms with Gasteiger partial charge in [0.15, 0.2) is 11.6 Å². The molecule has 4 nitrogen and oxygen atoms in total. The molecule has 1 aliphatic heterocycles. The van der Waals surface area contributed by atoms with E-state index in [2.05, 4.69) is 39.0 Å². The zero-order valence-corrected chi connectivity index (χ0v) is 12.3. The highest BCUT2D eigenvalue weighted by Crippen LogP contribution is 2.41. The Hall–Kier alpha value is -2.88. The van der Waals surface area contributed by atoms with Crippen molar-refractivity contribution in [2.45, 2.75) is 6.92 Å². The average molecular weight is 288 g/mol. The third kappa shape index (κ3) is 2.09. The number of anilines is 4. The maximum Gasteiger partial charge on any atom is 0.178 e. The van der Waals surface area contributed by atoms with Crippen LogP contribution in [0.2, 0.25) is 0 Å². The molecule has 1 aromatic heterocycles. The number of aryl methyl sites for hydroxylation is 1. The lowest BCUT2D eigenvalue weighted by molar-refractivity contribution is 0.975. The van der Waals surface area contributed by atoms with Gasteiger partial charge in [0, 0.05) is 11.4 Å². The Kier molecular flexibility index (Phi) is 3.00. The molecule has 0 saturated heterocycles. The molecule has 1 aliphatic rings. The molecule has 0 fully saturated rings. The Morgan fingerprint density at radius 1 is 0.773 bits per heavy atom. The monoisotopic (exact) mass is 288 g/mol. The molecule has 2 heterocycles. The smallest absolute Gasteiger partial charge is 0.178 e. The van der Waals surface area contributed by atoms with Gasteiger partial charge in [-0.1, -0.05) is 36.4 Å². The standard InChI is InChI=1S/C18H16N4/c1-14-12-19-17-18(20-14)22(16-10-6-3-7-11-16)13-21(17)15-8-4-2-5-9-15/h2-12H,13H2,1H3. The Labute approximate surface area is 129 Å². The normalized spacial score (nSPS) is 13.3. The minimum Gasteiger partial charge on any atom is -0.305 e. The van der Waals surface area contributed by atoms with Crippen LogP contribution in [0.5, 0.6) is 0 Å². The second-order valence-electron chi connectivity index (χ2n) is 5.33. The molecule has 0 aliphatic carbocycles. The Morgan fingerprint density at radius 2 is 1.32 bits per heavy atom. The number of hydrogen-bond donors (Lipinski definition) is 0. The van der Waals surface area contributed by atoms with Gasteiger partial charge in [0.2, 0.25) is 0 Å². The molecule has 3 aromatic rings. The molecule has 108 valence electrons. The van der Waals surface area contributed by atoms with Crippen molar-refractivity contribution in [1.29, 1.82) is 0 Å². The molecule has 2 aromatic carbocycles. The molecule has 0 bridgehead atoms. The second-order valence-corrected chi connectivity index (χ2v) is 5.33. The summed E-state index contributed by atoms with van der Waals surface area (Å²) in [6.45, 7) is 2.69. The summed E-state index contributed by atoms with van der Waals surface area (Å²) >= 11 is 0. The first-order valence-electron chi connectivity index (χ1n) is 7.32. The van der Waals surface area contributed by atoms with Crippen LogP contribution >= 0.6 is 0 Å². The van der Waals surface area contributed by atoms with Gasteiger partial charge in [-0.25, -0.2) is 9.97 Å². The van der Waals surface area contributed by atoms with E-state index >= 15 is 0 Å². The predicted molar refractivity (Wildman–Crippen MR) is 88.8 cm³/mol. The van der Waals surface area contributed by atoms with E-state index in [0.29, 0.717) is 6.67 Å². The fourth-order valence-corrected chi connectivity index (χ4v) is 2.73. The van der Waals surface area contributed by atoms with E-state index in [1.165, 1.54) is 0 Å². The van der Waals surface area contributed by atoms with E-state index in [4.69, 9.17) is 4.98 Å². The Balaban J connectivity index is 1.83. The minimum atomic E-state index is 0.715. The Bertz CT molecular complexity index is 787. The van der Waals surface area contributed by atoms with Crippen LogP contribution < -0.4 is 9.80 Å². The van der Waals surface area contributed by atoms with Crippen molar-refractivity contribution < 1.29 is 0 Å². The van der Waals surface area contributed by atoms with Gasteiger partial charge >= 0.3 is 0 Å². The van der Waals surface area contributed by atoms with Crippen LogP contribution in [0, 0.1) is 6.92 Å². The van der Waals surface area contributed by atoms with Gasteiger partial charge in [0.05, 0.1) is 11.9 Å². The van der Waals surface area contributed by atoms with E-state index in [1.807, 2.05) is 49.5 Å². The van der Waals surface area contributed by atoms with Gasteiger partial charge < -0.3 is 9.80 Å². The van der Waals surface area contributed by atoms with Crippen LogP contribution in [0.15, 0.2) is 66.9 Å². The summed E-state index contributed by atoms with van der Waals surface area (Å²) < 4.78 is 0. The summed E-state index contributed by atoms with van der Waals surface area (Å²) in [5.74, 6) is 1.82. The van der Waals surface area contributed by atoms with Crippen molar-refractivity contribution in [3.05, 3.63) is 72.6 Å². The molecule has 4 heteroatoms. The van der Waals surface area contributed by atoms with E-state index < -0.39 is 0 Å². The number of rotatable bonds is 2. The number of benzene rings is 2. The molecular weight excluding hydrogens is 272 g/mol. The molecule has 0 atom stereocenters. The molecule has 0 amide bonds. The first-order chi connectivity index (χ1) is 10.8. The highest BCUT2D eigenvalue weighted by Gasteiger charge is 2.30. The molecule has 22 heavy (non-hydrogen) atoms. The number of aromatic nitrogens is 2. The van der Waals surface area contributed by atoms with Crippen LogP contribution in [0.3, 0.4) is 0 Å². The third-order valence-electron chi connectivity index (χ3n) is 3.79. The highest BCUT2D eigenvalue weighted by molar-refractivity contribution is 5.81. The quantitative estimate of drug-likeness (QED) is 0.712. The fraction of sp³-hybridized carbons (Fsp3) is 0.111. The van der Waals surface area contributed by atoms with Gasteiger partial charge in [-0.2, -0.15) is 0 Å². The number of para-hydroxylation sites is 2. The van der Waals surface area contributed by atoms with Crippen molar-refractivity contribution in [3.8, 4) is 0 Å². The largest absolute Gasteiger partial charge is 0.305 e. The van der Waals surface area contributed by atoms with Crippen molar-refractivity contribution in [2.75, 3.05) is 16.5 Å². The number of hydrogen-bond acceptors (Lipinski definition) is 4. The summed E-state index contributed by atoms with van der Waals surface area (Å²) in [6.07, 6.45) is 1.82.